The summed E-state index contributed by atoms with van der Waals surface area (Å²) >= 11 is 0. The van der Waals surface area contributed by atoms with E-state index < -0.39 is 22.0 Å². The highest BCUT2D eigenvalue weighted by molar-refractivity contribution is 7.91. The highest BCUT2D eigenvalue weighted by Crippen LogP contribution is 2.29. The van der Waals surface area contributed by atoms with Gasteiger partial charge in [-0.05, 0) is 26.7 Å². The van der Waals surface area contributed by atoms with Crippen molar-refractivity contribution < 1.29 is 18.3 Å². The van der Waals surface area contributed by atoms with Gasteiger partial charge in [-0.3, -0.25) is 4.79 Å². The van der Waals surface area contributed by atoms with Crippen LogP contribution in [0.25, 0.3) is 0 Å². The van der Waals surface area contributed by atoms with Crippen LogP contribution in [0, 0.1) is 5.92 Å². The summed E-state index contributed by atoms with van der Waals surface area (Å²) in [7, 11) is -3.23. The summed E-state index contributed by atoms with van der Waals surface area (Å²) in [5.74, 6) is -0.300. The molecule has 2 aliphatic rings. The van der Waals surface area contributed by atoms with E-state index in [4.69, 9.17) is 0 Å². The van der Waals surface area contributed by atoms with E-state index in [1.54, 1.807) is 4.90 Å². The number of carbonyl (C=O) groups is 1. The van der Waals surface area contributed by atoms with Gasteiger partial charge in [0, 0.05) is 12.0 Å². The molecule has 6 heteroatoms. The van der Waals surface area contributed by atoms with Crippen LogP contribution in [0.4, 0.5) is 0 Å². The zero-order chi connectivity index (χ0) is 14.9. The van der Waals surface area contributed by atoms with Crippen LogP contribution >= 0.6 is 0 Å². The lowest BCUT2D eigenvalue weighted by atomic mass is 9.87. The third kappa shape index (κ3) is 3.34. The van der Waals surface area contributed by atoms with Gasteiger partial charge in [0.2, 0.25) is 5.91 Å². The lowest BCUT2D eigenvalue weighted by Crippen LogP contribution is -2.52. The number of amides is 1. The number of aliphatic hydroxyl groups excluding tert-OH is 1. The molecule has 0 aromatic heterocycles. The van der Waals surface area contributed by atoms with Crippen molar-refractivity contribution in [2.75, 3.05) is 11.5 Å². The zero-order valence-electron chi connectivity index (χ0n) is 12.3. The second kappa shape index (κ2) is 6.02. The van der Waals surface area contributed by atoms with Crippen molar-refractivity contribution in [2.24, 2.45) is 5.92 Å². The normalized spacial score (nSPS) is 30.6. The van der Waals surface area contributed by atoms with E-state index in [9.17, 15) is 18.3 Å². The van der Waals surface area contributed by atoms with Gasteiger partial charge in [-0.15, -0.1) is 0 Å². The number of hydrogen-bond donors (Lipinski definition) is 1. The number of hydrogen-bond acceptors (Lipinski definition) is 4. The van der Waals surface area contributed by atoms with Gasteiger partial charge in [0.15, 0.2) is 9.84 Å². The van der Waals surface area contributed by atoms with Crippen molar-refractivity contribution in [3.05, 3.63) is 0 Å². The maximum atomic E-state index is 12.7. The van der Waals surface area contributed by atoms with E-state index in [1.807, 2.05) is 13.8 Å². The molecule has 0 aromatic carbocycles. The van der Waals surface area contributed by atoms with E-state index >= 15 is 0 Å². The molecular formula is C14H25NO4S. The van der Waals surface area contributed by atoms with Crippen molar-refractivity contribution in [1.29, 1.82) is 0 Å². The molecular weight excluding hydrogens is 278 g/mol. The Morgan fingerprint density at radius 3 is 2.20 bits per heavy atom. The molecule has 5 nitrogen and oxygen atoms in total. The first-order valence-electron chi connectivity index (χ1n) is 7.52. The molecule has 0 bridgehead atoms. The number of nitrogens with zero attached hydrogens (tertiary/aromatic N) is 1. The summed E-state index contributed by atoms with van der Waals surface area (Å²) < 4.78 is 23.4. The van der Waals surface area contributed by atoms with E-state index in [0.717, 1.165) is 25.7 Å². The van der Waals surface area contributed by atoms with Crippen molar-refractivity contribution in [3.8, 4) is 0 Å². The van der Waals surface area contributed by atoms with Crippen LogP contribution in [0.1, 0.15) is 46.0 Å². The molecule has 20 heavy (non-hydrogen) atoms. The quantitative estimate of drug-likeness (QED) is 0.843. The van der Waals surface area contributed by atoms with E-state index in [0.29, 0.717) is 0 Å². The topological polar surface area (TPSA) is 74.7 Å². The Labute approximate surface area is 121 Å². The van der Waals surface area contributed by atoms with Crippen LogP contribution < -0.4 is 0 Å². The molecule has 1 heterocycles. The Bertz CT molecular complexity index is 454. The molecule has 1 saturated heterocycles. The molecule has 2 rings (SSSR count). The SMILES string of the molecule is CC(C)N(C(=O)C1CCCCC1)[C@@H]1CS(=O)(=O)C[C@H]1O. The maximum absolute atomic E-state index is 12.7. The van der Waals surface area contributed by atoms with Crippen LogP contribution in [-0.4, -0.2) is 54.0 Å². The van der Waals surface area contributed by atoms with Gasteiger partial charge in [-0.2, -0.15) is 0 Å². The molecule has 1 amide bonds. The van der Waals surface area contributed by atoms with Crippen molar-refractivity contribution >= 4 is 15.7 Å². The molecule has 116 valence electrons. The molecule has 0 aromatic rings. The zero-order valence-corrected chi connectivity index (χ0v) is 13.1. The molecule has 1 saturated carbocycles. The number of sulfone groups is 1. The van der Waals surface area contributed by atoms with Crippen molar-refractivity contribution in [1.82, 2.24) is 4.90 Å². The Hall–Kier alpha value is -0.620. The number of rotatable bonds is 3. The van der Waals surface area contributed by atoms with Gasteiger partial charge in [-0.25, -0.2) is 8.42 Å². The third-order valence-corrected chi connectivity index (χ3v) is 6.11. The van der Waals surface area contributed by atoms with Gasteiger partial charge in [-0.1, -0.05) is 19.3 Å². The summed E-state index contributed by atoms with van der Waals surface area (Å²) in [6.07, 6.45) is 4.12. The molecule has 0 spiro atoms. The summed E-state index contributed by atoms with van der Waals surface area (Å²) in [6, 6.07) is -0.660. The fourth-order valence-corrected chi connectivity index (χ4v) is 5.22. The monoisotopic (exact) mass is 303 g/mol. The summed E-state index contributed by atoms with van der Waals surface area (Å²) in [5, 5.41) is 10.0. The lowest BCUT2D eigenvalue weighted by Gasteiger charge is -2.37. The highest BCUT2D eigenvalue weighted by atomic mass is 32.2. The first-order chi connectivity index (χ1) is 9.32. The van der Waals surface area contributed by atoms with Crippen LogP contribution in [-0.2, 0) is 14.6 Å². The molecule has 1 aliphatic carbocycles. The van der Waals surface area contributed by atoms with Crippen molar-refractivity contribution in [2.45, 2.75) is 64.1 Å². The van der Waals surface area contributed by atoms with E-state index in [1.165, 1.54) is 6.42 Å². The standard InChI is InChI=1S/C14H25NO4S/c1-10(2)15(12-8-20(18,19)9-13(12)16)14(17)11-6-4-3-5-7-11/h10-13,16H,3-9H2,1-2H3/t12-,13-/m1/s1. The van der Waals surface area contributed by atoms with E-state index in [2.05, 4.69) is 0 Å². The largest absolute Gasteiger partial charge is 0.390 e. The minimum atomic E-state index is -3.23. The summed E-state index contributed by atoms with van der Waals surface area (Å²) in [6.45, 7) is 3.77. The van der Waals surface area contributed by atoms with Gasteiger partial charge in [0.05, 0.1) is 23.7 Å². The minimum Gasteiger partial charge on any atom is -0.390 e. The minimum absolute atomic E-state index is 0.00153. The molecule has 2 atom stereocenters. The van der Waals surface area contributed by atoms with Gasteiger partial charge in [0.1, 0.15) is 0 Å². The highest BCUT2D eigenvalue weighted by Gasteiger charge is 2.43. The molecule has 1 N–H and O–H groups in total. The Balaban J connectivity index is 2.16. The number of carbonyl (C=O) groups excluding carboxylic acids is 1. The summed E-state index contributed by atoms with van der Waals surface area (Å²) in [5.41, 5.74) is 0. The summed E-state index contributed by atoms with van der Waals surface area (Å²) in [4.78, 5) is 14.3. The maximum Gasteiger partial charge on any atom is 0.226 e. The van der Waals surface area contributed by atoms with Crippen LogP contribution in [0.5, 0.6) is 0 Å². The third-order valence-electron chi connectivity index (χ3n) is 4.42. The van der Waals surface area contributed by atoms with Crippen LogP contribution in [0.2, 0.25) is 0 Å². The average molecular weight is 303 g/mol. The lowest BCUT2D eigenvalue weighted by molar-refractivity contribution is -0.142. The fraction of sp³-hybridized carbons (Fsp3) is 0.929. The second-order valence-corrected chi connectivity index (χ2v) is 8.54. The predicted octanol–water partition coefficient (Wildman–Crippen LogP) is 0.962. The van der Waals surface area contributed by atoms with Gasteiger partial charge in [0.25, 0.3) is 0 Å². The number of aliphatic hydroxyl groups is 1. The predicted molar refractivity (Wildman–Crippen MR) is 77.0 cm³/mol. The molecule has 0 radical (unpaired) electrons. The Morgan fingerprint density at radius 2 is 1.75 bits per heavy atom. The molecule has 2 fully saturated rings. The Morgan fingerprint density at radius 1 is 1.15 bits per heavy atom. The van der Waals surface area contributed by atoms with E-state index in [-0.39, 0.29) is 29.4 Å². The van der Waals surface area contributed by atoms with Crippen molar-refractivity contribution in [3.63, 3.8) is 0 Å². The van der Waals surface area contributed by atoms with Gasteiger partial charge >= 0.3 is 0 Å². The average Bonchev–Trinajstić information content (AvgIpc) is 2.63. The molecule has 1 aliphatic heterocycles. The fourth-order valence-electron chi connectivity index (χ4n) is 3.44. The second-order valence-electron chi connectivity index (χ2n) is 6.39. The van der Waals surface area contributed by atoms with Gasteiger partial charge < -0.3 is 10.0 Å². The Kier molecular flexibility index (Phi) is 4.74. The first-order valence-corrected chi connectivity index (χ1v) is 9.34. The van der Waals surface area contributed by atoms with Crippen LogP contribution in [0.15, 0.2) is 0 Å². The smallest absolute Gasteiger partial charge is 0.226 e. The van der Waals surface area contributed by atoms with Crippen LogP contribution in [0.3, 0.4) is 0 Å². The molecule has 0 unspecified atom stereocenters. The first kappa shape index (κ1) is 15.8.